The maximum atomic E-state index is 12.2. The zero-order valence-electron chi connectivity index (χ0n) is 17.2. The molecular weight excluding hydrogens is 450 g/mol. The molecule has 1 amide bonds. The predicted octanol–water partition coefficient (Wildman–Crippen LogP) is 3.58. The van der Waals surface area contributed by atoms with Crippen LogP contribution in [-0.4, -0.2) is 45.5 Å². The van der Waals surface area contributed by atoms with Gasteiger partial charge in [-0.15, -0.1) is 0 Å². The molecule has 1 aliphatic rings. The summed E-state index contributed by atoms with van der Waals surface area (Å²) in [6, 6.07) is 16.8. The largest absolute Gasteiger partial charge is 0.449 e. The van der Waals surface area contributed by atoms with Crippen molar-refractivity contribution in [3.05, 3.63) is 92.8 Å². The van der Waals surface area contributed by atoms with Gasteiger partial charge in [-0.25, -0.2) is 9.78 Å². The van der Waals surface area contributed by atoms with Crippen molar-refractivity contribution in [3.63, 3.8) is 0 Å². The van der Waals surface area contributed by atoms with Crippen molar-refractivity contribution in [3.8, 4) is 11.1 Å². The summed E-state index contributed by atoms with van der Waals surface area (Å²) in [5, 5.41) is 34.1. The van der Waals surface area contributed by atoms with Gasteiger partial charge in [0.25, 0.3) is 5.69 Å². The minimum atomic E-state index is -1.71. The first kappa shape index (κ1) is 22.7. The van der Waals surface area contributed by atoms with Crippen LogP contribution >= 0.6 is 11.6 Å². The molecule has 0 saturated carbocycles. The van der Waals surface area contributed by atoms with Crippen molar-refractivity contribution in [1.82, 2.24) is 10.3 Å². The minimum Gasteiger partial charge on any atom is -0.449 e. The Bertz CT molecular complexity index is 1160. The highest BCUT2D eigenvalue weighted by atomic mass is 35.5. The van der Waals surface area contributed by atoms with Crippen LogP contribution in [0.25, 0.3) is 11.1 Å². The van der Waals surface area contributed by atoms with Gasteiger partial charge in [0.15, 0.2) is 0 Å². The summed E-state index contributed by atoms with van der Waals surface area (Å²) in [6.45, 7) is -0.317. The van der Waals surface area contributed by atoms with Gasteiger partial charge in [0.2, 0.25) is 0 Å². The molecule has 2 aromatic carbocycles. The van der Waals surface area contributed by atoms with Crippen molar-refractivity contribution in [2.75, 3.05) is 13.2 Å². The topological polar surface area (TPSA) is 135 Å². The lowest BCUT2D eigenvalue weighted by molar-refractivity contribution is -0.386. The Labute approximate surface area is 193 Å². The van der Waals surface area contributed by atoms with E-state index in [0.29, 0.717) is 0 Å². The Hall–Kier alpha value is -3.53. The fraction of sp³-hybridized carbons (Fsp3) is 0.217. The summed E-state index contributed by atoms with van der Waals surface area (Å²) >= 11 is 5.72. The smallest absolute Gasteiger partial charge is 0.407 e. The molecule has 170 valence electrons. The van der Waals surface area contributed by atoms with Crippen molar-refractivity contribution in [2.45, 2.75) is 18.1 Å². The Morgan fingerprint density at radius 1 is 1.15 bits per heavy atom. The molecule has 4 rings (SSSR count). The molecule has 0 bridgehead atoms. The number of aliphatic hydroxyl groups excluding tert-OH is 2. The molecule has 0 saturated heterocycles. The number of amides is 1. The van der Waals surface area contributed by atoms with E-state index in [2.05, 4.69) is 10.3 Å². The second-order valence-electron chi connectivity index (χ2n) is 7.53. The van der Waals surface area contributed by atoms with Crippen LogP contribution in [0.3, 0.4) is 0 Å². The quantitative estimate of drug-likeness (QED) is 0.355. The van der Waals surface area contributed by atoms with Crippen LogP contribution in [0.1, 0.15) is 28.8 Å². The first-order chi connectivity index (χ1) is 15.9. The number of fused-ring (bicyclic) bond motifs is 3. The van der Waals surface area contributed by atoms with Gasteiger partial charge in [0, 0.05) is 24.7 Å². The number of rotatable bonds is 7. The fourth-order valence-corrected chi connectivity index (χ4v) is 4.10. The van der Waals surface area contributed by atoms with Gasteiger partial charge in [-0.2, -0.15) is 0 Å². The van der Waals surface area contributed by atoms with Gasteiger partial charge in [0.05, 0.1) is 9.95 Å². The molecule has 1 aliphatic carbocycles. The second kappa shape index (κ2) is 9.53. The number of nitrogens with zero attached hydrogens (tertiary/aromatic N) is 2. The number of benzene rings is 2. The van der Waals surface area contributed by atoms with Gasteiger partial charge in [0.1, 0.15) is 24.5 Å². The second-order valence-corrected chi connectivity index (χ2v) is 7.97. The van der Waals surface area contributed by atoms with E-state index >= 15 is 0 Å². The SMILES string of the molecule is O=C(NCC(O)C(O)c1ncc(Cl)cc1[N+](=O)[O-])OCC1c2ccccc2-c2ccccc21. The highest BCUT2D eigenvalue weighted by Gasteiger charge is 2.30. The molecule has 0 spiro atoms. The van der Waals surface area contributed by atoms with Crippen LogP contribution in [0.5, 0.6) is 0 Å². The number of halogens is 1. The summed E-state index contributed by atoms with van der Waals surface area (Å²) in [5.74, 6) is -0.125. The molecule has 10 heteroatoms. The number of hydrogen-bond donors (Lipinski definition) is 3. The van der Waals surface area contributed by atoms with Crippen molar-refractivity contribution >= 4 is 23.4 Å². The summed E-state index contributed by atoms with van der Waals surface area (Å²) in [4.78, 5) is 26.4. The monoisotopic (exact) mass is 469 g/mol. The first-order valence-electron chi connectivity index (χ1n) is 10.1. The number of ether oxygens (including phenoxy) is 1. The molecule has 0 aliphatic heterocycles. The number of aromatic nitrogens is 1. The van der Waals surface area contributed by atoms with E-state index in [0.717, 1.165) is 34.5 Å². The molecule has 3 aromatic rings. The standard InChI is InChI=1S/C23H20ClN3O6/c24-13-9-19(27(31)32)21(25-10-13)22(29)20(28)11-26-23(30)33-12-18-16-7-3-1-5-14(16)15-6-2-4-8-17(15)18/h1-10,18,20,22,28-29H,11-12H2,(H,26,30). The molecule has 0 radical (unpaired) electrons. The Morgan fingerprint density at radius 2 is 1.76 bits per heavy atom. The van der Waals surface area contributed by atoms with Crippen LogP contribution < -0.4 is 5.32 Å². The predicted molar refractivity (Wildman–Crippen MR) is 120 cm³/mol. The normalized spacial score (nSPS) is 14.2. The van der Waals surface area contributed by atoms with E-state index in [1.807, 2.05) is 48.5 Å². The van der Waals surface area contributed by atoms with Gasteiger partial charge in [-0.3, -0.25) is 10.1 Å². The summed E-state index contributed by atoms with van der Waals surface area (Å²) < 4.78 is 5.37. The van der Waals surface area contributed by atoms with Crippen LogP contribution in [0.4, 0.5) is 10.5 Å². The number of nitro groups is 1. The zero-order chi connectivity index (χ0) is 23.5. The maximum Gasteiger partial charge on any atom is 0.407 e. The van der Waals surface area contributed by atoms with Crippen molar-refractivity contribution < 1.29 is 24.7 Å². The van der Waals surface area contributed by atoms with Crippen LogP contribution in [-0.2, 0) is 4.74 Å². The van der Waals surface area contributed by atoms with Gasteiger partial charge in [-0.05, 0) is 22.3 Å². The van der Waals surface area contributed by atoms with E-state index in [9.17, 15) is 25.1 Å². The first-order valence-corrected chi connectivity index (χ1v) is 10.5. The van der Waals surface area contributed by atoms with Crippen LogP contribution in [0.15, 0.2) is 60.8 Å². The molecule has 9 nitrogen and oxygen atoms in total. The Balaban J connectivity index is 1.36. The third-order valence-corrected chi connectivity index (χ3v) is 5.71. The van der Waals surface area contributed by atoms with E-state index < -0.39 is 35.5 Å². The summed E-state index contributed by atoms with van der Waals surface area (Å²) in [5.41, 5.74) is 3.42. The highest BCUT2D eigenvalue weighted by Crippen LogP contribution is 2.44. The van der Waals surface area contributed by atoms with E-state index in [4.69, 9.17) is 16.3 Å². The fourth-order valence-electron chi connectivity index (χ4n) is 3.94. The number of alkyl carbamates (subject to hydrolysis) is 1. The lowest BCUT2D eigenvalue weighted by Crippen LogP contribution is -2.36. The minimum absolute atomic E-state index is 0.0175. The van der Waals surface area contributed by atoms with E-state index in [-0.39, 0.29) is 23.2 Å². The van der Waals surface area contributed by atoms with Crippen LogP contribution in [0, 0.1) is 10.1 Å². The van der Waals surface area contributed by atoms with Gasteiger partial charge < -0.3 is 20.3 Å². The number of carbonyl (C=O) groups excluding carboxylic acids is 1. The Kier molecular flexibility index (Phi) is 6.55. The van der Waals surface area contributed by atoms with E-state index in [1.165, 1.54) is 0 Å². The van der Waals surface area contributed by atoms with E-state index in [1.54, 1.807) is 0 Å². The third-order valence-electron chi connectivity index (χ3n) is 5.50. The average molecular weight is 470 g/mol. The molecule has 1 heterocycles. The third kappa shape index (κ3) is 4.65. The number of hydrogen-bond acceptors (Lipinski definition) is 7. The number of carbonyl (C=O) groups is 1. The van der Waals surface area contributed by atoms with Crippen molar-refractivity contribution in [2.24, 2.45) is 0 Å². The summed E-state index contributed by atoms with van der Waals surface area (Å²) in [7, 11) is 0. The molecule has 3 N–H and O–H groups in total. The highest BCUT2D eigenvalue weighted by molar-refractivity contribution is 6.30. The molecular formula is C23H20ClN3O6. The number of pyridine rings is 1. The lowest BCUT2D eigenvalue weighted by atomic mass is 9.98. The lowest BCUT2D eigenvalue weighted by Gasteiger charge is -2.19. The molecule has 0 fully saturated rings. The molecule has 2 atom stereocenters. The Morgan fingerprint density at radius 3 is 2.36 bits per heavy atom. The van der Waals surface area contributed by atoms with Crippen LogP contribution in [0.2, 0.25) is 5.02 Å². The molecule has 2 unspecified atom stereocenters. The van der Waals surface area contributed by atoms with Crippen molar-refractivity contribution in [1.29, 1.82) is 0 Å². The zero-order valence-corrected chi connectivity index (χ0v) is 18.0. The average Bonchev–Trinajstić information content (AvgIpc) is 3.14. The number of nitrogens with one attached hydrogen (secondary N) is 1. The number of aliphatic hydroxyl groups is 2. The van der Waals surface area contributed by atoms with Gasteiger partial charge in [-0.1, -0.05) is 60.1 Å². The maximum absolute atomic E-state index is 12.2. The van der Waals surface area contributed by atoms with Gasteiger partial charge >= 0.3 is 6.09 Å². The molecule has 1 aromatic heterocycles. The summed E-state index contributed by atoms with van der Waals surface area (Å²) in [6.07, 6.45) is -2.94. The molecule has 33 heavy (non-hydrogen) atoms.